The molecule has 0 atom stereocenters. The van der Waals surface area contributed by atoms with E-state index >= 15 is 0 Å². The number of esters is 1. The zero-order chi connectivity index (χ0) is 21.3. The smallest absolute Gasteiger partial charge is 0.353 e. The largest absolute Gasteiger partial charge is 0.462 e. The van der Waals surface area contributed by atoms with Gasteiger partial charge >= 0.3 is 11.7 Å². The first kappa shape index (κ1) is 20.7. The van der Waals surface area contributed by atoms with Gasteiger partial charge in [-0.25, -0.2) is 19.7 Å². The van der Waals surface area contributed by atoms with E-state index in [1.807, 2.05) is 10.8 Å². The Hall–Kier alpha value is -4.02. The van der Waals surface area contributed by atoms with E-state index in [4.69, 9.17) is 4.74 Å². The zero-order valence-electron chi connectivity index (χ0n) is 16.3. The van der Waals surface area contributed by atoms with E-state index in [1.165, 1.54) is 6.33 Å². The van der Waals surface area contributed by atoms with Gasteiger partial charge in [-0.15, -0.1) is 0 Å². The Bertz CT molecular complexity index is 1010. The standard InChI is InChI=1S/C19H21N7O4/c1-2-30-19(27)14-6-3-4-7-15(14)24-18-16(26(28)29)17(22-12-23-18)21-8-5-10-25-11-9-20-13-25/h3-4,6-7,9,11-13H,2,5,8,10H2,1H3,(H2,21,22,23,24). The van der Waals surface area contributed by atoms with Crippen molar-refractivity contribution in [1.82, 2.24) is 19.5 Å². The molecule has 0 unspecified atom stereocenters. The summed E-state index contributed by atoms with van der Waals surface area (Å²) in [5.74, 6) is -0.462. The fraction of sp³-hybridized carbons (Fsp3) is 0.263. The summed E-state index contributed by atoms with van der Waals surface area (Å²) in [5, 5.41) is 17.6. The monoisotopic (exact) mass is 411 g/mol. The molecule has 0 spiro atoms. The van der Waals surface area contributed by atoms with Crippen LogP contribution < -0.4 is 10.6 Å². The van der Waals surface area contributed by atoms with Crippen molar-refractivity contribution in [2.45, 2.75) is 19.9 Å². The Morgan fingerprint density at radius 3 is 2.80 bits per heavy atom. The minimum absolute atomic E-state index is 0.0242. The number of aryl methyl sites for hydroxylation is 1. The van der Waals surface area contributed by atoms with Crippen LogP contribution in [-0.4, -0.2) is 43.6 Å². The number of hydrogen-bond acceptors (Lipinski definition) is 9. The summed E-state index contributed by atoms with van der Waals surface area (Å²) >= 11 is 0. The van der Waals surface area contributed by atoms with Crippen molar-refractivity contribution < 1.29 is 14.5 Å². The van der Waals surface area contributed by atoms with Gasteiger partial charge in [0.25, 0.3) is 0 Å². The number of nitrogens with one attached hydrogen (secondary N) is 2. The lowest BCUT2D eigenvalue weighted by Gasteiger charge is -2.12. The van der Waals surface area contributed by atoms with E-state index in [0.29, 0.717) is 25.2 Å². The van der Waals surface area contributed by atoms with Crippen LogP contribution in [0.1, 0.15) is 23.7 Å². The first-order valence-corrected chi connectivity index (χ1v) is 9.32. The van der Waals surface area contributed by atoms with E-state index in [9.17, 15) is 14.9 Å². The number of carbonyl (C=O) groups is 1. The molecule has 0 saturated carbocycles. The fourth-order valence-corrected chi connectivity index (χ4v) is 2.77. The molecule has 2 aromatic heterocycles. The molecule has 0 radical (unpaired) electrons. The van der Waals surface area contributed by atoms with Crippen molar-refractivity contribution in [3.63, 3.8) is 0 Å². The van der Waals surface area contributed by atoms with Gasteiger partial charge in [0, 0.05) is 25.5 Å². The highest BCUT2D eigenvalue weighted by molar-refractivity contribution is 5.96. The van der Waals surface area contributed by atoms with E-state index in [2.05, 4.69) is 25.6 Å². The summed E-state index contributed by atoms with van der Waals surface area (Å²) < 4.78 is 6.95. The minimum atomic E-state index is -0.562. The van der Waals surface area contributed by atoms with Crippen molar-refractivity contribution >= 4 is 29.0 Å². The number of para-hydroxylation sites is 1. The van der Waals surface area contributed by atoms with E-state index < -0.39 is 10.9 Å². The number of imidazole rings is 1. The third-order valence-corrected chi connectivity index (χ3v) is 4.13. The normalized spacial score (nSPS) is 10.4. The van der Waals surface area contributed by atoms with E-state index in [-0.39, 0.29) is 29.5 Å². The van der Waals surface area contributed by atoms with Gasteiger partial charge in [-0.05, 0) is 25.5 Å². The first-order chi connectivity index (χ1) is 14.6. The Labute approximate surface area is 172 Å². The van der Waals surface area contributed by atoms with Gasteiger partial charge < -0.3 is 19.9 Å². The summed E-state index contributed by atoms with van der Waals surface area (Å²) in [5.41, 5.74) is 0.296. The van der Waals surface area contributed by atoms with Crippen LogP contribution in [0.2, 0.25) is 0 Å². The highest BCUT2D eigenvalue weighted by atomic mass is 16.6. The average molecular weight is 411 g/mol. The molecule has 3 aromatic rings. The topological polar surface area (TPSA) is 137 Å². The zero-order valence-corrected chi connectivity index (χ0v) is 16.3. The SMILES string of the molecule is CCOC(=O)c1ccccc1Nc1ncnc(NCCCn2ccnc2)c1[N+](=O)[O-]. The van der Waals surface area contributed by atoms with Gasteiger partial charge in [-0.2, -0.15) is 0 Å². The van der Waals surface area contributed by atoms with Crippen molar-refractivity contribution in [3.8, 4) is 0 Å². The van der Waals surface area contributed by atoms with Crippen molar-refractivity contribution in [3.05, 3.63) is 65.0 Å². The number of ether oxygens (including phenoxy) is 1. The molecule has 30 heavy (non-hydrogen) atoms. The third-order valence-electron chi connectivity index (χ3n) is 4.13. The van der Waals surface area contributed by atoms with Crippen LogP contribution >= 0.6 is 0 Å². The van der Waals surface area contributed by atoms with Crippen LogP contribution in [0.15, 0.2) is 49.3 Å². The molecule has 11 heteroatoms. The Balaban J connectivity index is 1.78. The first-order valence-electron chi connectivity index (χ1n) is 9.32. The molecule has 0 aliphatic rings. The summed E-state index contributed by atoms with van der Waals surface area (Å²) in [4.78, 5) is 35.3. The maximum Gasteiger partial charge on any atom is 0.353 e. The molecule has 1 aromatic carbocycles. The summed E-state index contributed by atoms with van der Waals surface area (Å²) in [6, 6.07) is 6.57. The van der Waals surface area contributed by atoms with Crippen LogP contribution in [0.4, 0.5) is 23.0 Å². The van der Waals surface area contributed by atoms with Gasteiger partial charge in [-0.3, -0.25) is 10.1 Å². The van der Waals surface area contributed by atoms with Gasteiger partial charge in [0.15, 0.2) is 0 Å². The molecule has 0 aliphatic heterocycles. The van der Waals surface area contributed by atoms with Gasteiger partial charge in [0.1, 0.15) is 6.33 Å². The molecule has 0 amide bonds. The van der Waals surface area contributed by atoms with Gasteiger partial charge in [-0.1, -0.05) is 12.1 Å². The lowest BCUT2D eigenvalue weighted by atomic mass is 10.2. The van der Waals surface area contributed by atoms with E-state index in [0.717, 1.165) is 0 Å². The number of carbonyl (C=O) groups excluding carboxylic acids is 1. The Kier molecular flexibility index (Phi) is 6.87. The molecule has 0 bridgehead atoms. The van der Waals surface area contributed by atoms with Crippen LogP contribution in [-0.2, 0) is 11.3 Å². The maximum atomic E-state index is 12.2. The van der Waals surface area contributed by atoms with Crippen LogP contribution in [0.25, 0.3) is 0 Å². The minimum Gasteiger partial charge on any atom is -0.462 e. The quantitative estimate of drug-likeness (QED) is 0.223. The van der Waals surface area contributed by atoms with Crippen LogP contribution in [0, 0.1) is 10.1 Å². The molecule has 2 heterocycles. The summed E-state index contributed by atoms with van der Waals surface area (Å²) in [7, 11) is 0. The number of benzene rings is 1. The molecule has 11 nitrogen and oxygen atoms in total. The Morgan fingerprint density at radius 2 is 2.07 bits per heavy atom. The second-order valence-corrected chi connectivity index (χ2v) is 6.15. The number of nitro groups is 1. The second kappa shape index (κ2) is 9.96. The maximum absolute atomic E-state index is 12.2. The molecule has 0 aliphatic carbocycles. The molecule has 3 rings (SSSR count). The summed E-state index contributed by atoms with van der Waals surface area (Å²) in [6.07, 6.45) is 7.17. The van der Waals surface area contributed by atoms with Crippen molar-refractivity contribution in [2.75, 3.05) is 23.8 Å². The lowest BCUT2D eigenvalue weighted by molar-refractivity contribution is -0.383. The lowest BCUT2D eigenvalue weighted by Crippen LogP contribution is -2.12. The number of aromatic nitrogens is 4. The number of rotatable bonds is 10. The highest BCUT2D eigenvalue weighted by Gasteiger charge is 2.24. The van der Waals surface area contributed by atoms with Gasteiger partial charge in [0.2, 0.25) is 11.6 Å². The molecule has 156 valence electrons. The van der Waals surface area contributed by atoms with Crippen molar-refractivity contribution in [1.29, 1.82) is 0 Å². The molecule has 0 fully saturated rings. The molecule has 0 saturated heterocycles. The molecule has 2 N–H and O–H groups in total. The number of nitrogens with zero attached hydrogens (tertiary/aromatic N) is 5. The van der Waals surface area contributed by atoms with Gasteiger partial charge in [0.05, 0.1) is 29.1 Å². The summed E-state index contributed by atoms with van der Waals surface area (Å²) in [6.45, 7) is 3.10. The predicted octanol–water partition coefficient (Wildman–Crippen LogP) is 3.00. The molecular formula is C19H21N7O4. The van der Waals surface area contributed by atoms with E-state index in [1.54, 1.807) is 43.7 Å². The van der Waals surface area contributed by atoms with Crippen LogP contribution in [0.3, 0.4) is 0 Å². The van der Waals surface area contributed by atoms with Crippen LogP contribution in [0.5, 0.6) is 0 Å². The second-order valence-electron chi connectivity index (χ2n) is 6.15. The Morgan fingerprint density at radius 1 is 1.27 bits per heavy atom. The number of hydrogen-bond donors (Lipinski definition) is 2. The average Bonchev–Trinajstić information content (AvgIpc) is 3.25. The fourth-order valence-electron chi connectivity index (χ4n) is 2.77. The third kappa shape index (κ3) is 5.07. The number of anilines is 3. The van der Waals surface area contributed by atoms with Crippen molar-refractivity contribution in [2.24, 2.45) is 0 Å². The molecular weight excluding hydrogens is 390 g/mol. The highest BCUT2D eigenvalue weighted by Crippen LogP contribution is 2.32. The predicted molar refractivity (Wildman–Crippen MR) is 110 cm³/mol.